The molecule has 40 heteroatoms. The quantitative estimate of drug-likeness (QED) is 0.0295. The number of aromatic nitrogens is 8. The maximum absolute atomic E-state index is 14.2. The number of aromatic amines is 1. The molecule has 8 aromatic heterocycles. The fraction of sp³-hybridized carbons (Fsp3) is 0.333. The second-order valence-corrected chi connectivity index (χ2v) is 45.3. The number of phenols is 1. The lowest BCUT2D eigenvalue weighted by Crippen LogP contribution is -2.41. The number of hydrogen-bond acceptors (Lipinski definition) is 29. The summed E-state index contributed by atoms with van der Waals surface area (Å²) in [4.78, 5) is 105. The SMILES string of the molecule is COCc1ccc(Oc2cccc(S(=O)(=O)NC(=O)c3ccc(C)nc3N3CC(C)CC3(C)C)n2)cc1.C[C@@H]1CN(c2nc(-c3cccc(F)c3)ccc2C(=O)NS(=O)(=O)c2ccc[nH]c2=O)C(C)(C)C1.Cc1cc(-c2ccc(C(=O)NS(=O)(=O)c3cccnc3N)c(N3C[C@@H](C)CC3(C)C)n2)cc(C)c1O.Cc1ccc(-c2ccc(C(=O)NS(=O)(=O)c3cccc(N)n3)c(N3C[C@@H](C)CC3(C)C)n2)cc1F. The van der Waals surface area contributed by atoms with Crippen LogP contribution in [0.15, 0.2) is 225 Å². The molecule has 0 saturated carbocycles. The van der Waals surface area contributed by atoms with E-state index in [0.717, 1.165) is 55.1 Å². The number of nitrogens with one attached hydrogen (secondary N) is 5. The molecule has 0 spiro atoms. The summed E-state index contributed by atoms with van der Waals surface area (Å²) < 4.78 is 150. The number of nitrogens with zero attached hydrogens (tertiary/aromatic N) is 11. The highest BCUT2D eigenvalue weighted by Crippen LogP contribution is 2.44. The molecule has 4 saturated heterocycles. The number of pyridine rings is 8. The fourth-order valence-corrected chi connectivity index (χ4v) is 22.5. The van der Waals surface area contributed by atoms with E-state index >= 15 is 0 Å². The number of rotatable bonds is 23. The van der Waals surface area contributed by atoms with E-state index in [1.165, 1.54) is 91.3 Å². The number of aromatic hydroxyl groups is 1. The van der Waals surface area contributed by atoms with Crippen LogP contribution >= 0.6 is 0 Å². The van der Waals surface area contributed by atoms with E-state index in [9.17, 15) is 71.5 Å². The van der Waals surface area contributed by atoms with Crippen LogP contribution in [-0.4, -0.2) is 158 Å². The van der Waals surface area contributed by atoms with E-state index in [0.29, 0.717) is 124 Å². The highest BCUT2D eigenvalue weighted by molar-refractivity contribution is 7.91. The number of amides is 4. The van der Waals surface area contributed by atoms with Crippen LogP contribution in [0.25, 0.3) is 33.8 Å². The van der Waals surface area contributed by atoms with Crippen LogP contribution in [0.1, 0.15) is 178 Å². The molecule has 4 aliphatic rings. The molecule has 1 unspecified atom stereocenters. The Bertz CT molecular complexity index is 7380. The second-order valence-electron chi connectivity index (χ2n) is 38.8. The third-order valence-corrected chi connectivity index (χ3v) is 30.0. The largest absolute Gasteiger partial charge is 0.507 e. The van der Waals surface area contributed by atoms with Gasteiger partial charge in [0.25, 0.3) is 69.3 Å². The molecule has 34 nitrogen and oxygen atoms in total. The van der Waals surface area contributed by atoms with Crippen LogP contribution in [0.2, 0.25) is 0 Å². The summed E-state index contributed by atoms with van der Waals surface area (Å²) in [5.41, 5.74) is 16.9. The van der Waals surface area contributed by atoms with Gasteiger partial charge >= 0.3 is 0 Å². The number of hydrogen-bond donors (Lipinski definition) is 8. The van der Waals surface area contributed by atoms with Crippen LogP contribution in [-0.2, 0) is 51.4 Å². The zero-order valence-electron chi connectivity index (χ0n) is 81.8. The number of anilines is 6. The fourth-order valence-electron chi connectivity index (χ4n) is 18.5. The van der Waals surface area contributed by atoms with Gasteiger partial charge < -0.3 is 50.6 Å². The lowest BCUT2D eigenvalue weighted by Gasteiger charge is -2.34. The van der Waals surface area contributed by atoms with Crippen molar-refractivity contribution < 1.29 is 76.2 Å². The van der Waals surface area contributed by atoms with Gasteiger partial charge in [0, 0.05) is 96.3 Å². The van der Waals surface area contributed by atoms with Crippen LogP contribution in [0.4, 0.5) is 43.7 Å². The molecule has 12 aromatic rings. The summed E-state index contributed by atoms with van der Waals surface area (Å²) in [6.45, 7) is 35.2. The van der Waals surface area contributed by atoms with Crippen molar-refractivity contribution in [2.75, 3.05) is 64.4 Å². The number of halogens is 2. The van der Waals surface area contributed by atoms with E-state index in [1.54, 1.807) is 92.9 Å². The summed E-state index contributed by atoms with van der Waals surface area (Å²) in [6.07, 6.45) is 6.21. The van der Waals surface area contributed by atoms with E-state index < -0.39 is 80.0 Å². The molecule has 0 radical (unpaired) electrons. The molecule has 12 heterocycles. The zero-order chi connectivity index (χ0) is 103. The Morgan fingerprint density at radius 2 is 0.866 bits per heavy atom. The summed E-state index contributed by atoms with van der Waals surface area (Å²) in [5, 5.41) is 9.50. The first-order valence-corrected chi connectivity index (χ1v) is 51.6. The van der Waals surface area contributed by atoms with Crippen molar-refractivity contribution >= 4 is 98.6 Å². The highest BCUT2D eigenvalue weighted by atomic mass is 32.2. The molecule has 4 atom stereocenters. The number of H-pyrrole nitrogens is 1. The van der Waals surface area contributed by atoms with Crippen molar-refractivity contribution in [3.63, 3.8) is 0 Å². The first-order chi connectivity index (χ1) is 66.6. The van der Waals surface area contributed by atoms with Gasteiger partial charge in [0.1, 0.15) is 62.9 Å². The van der Waals surface area contributed by atoms with Gasteiger partial charge in [-0.05, 0) is 288 Å². The van der Waals surface area contributed by atoms with Crippen molar-refractivity contribution in [2.45, 2.75) is 185 Å². The van der Waals surface area contributed by atoms with Gasteiger partial charge in [-0.1, -0.05) is 76.2 Å². The molecule has 0 aliphatic carbocycles. The number of nitrogen functional groups attached to an aromatic ring is 2. The van der Waals surface area contributed by atoms with Crippen molar-refractivity contribution in [3.8, 4) is 51.2 Å². The van der Waals surface area contributed by atoms with E-state index in [4.69, 9.17) is 30.9 Å². The van der Waals surface area contributed by atoms with Crippen LogP contribution in [0.5, 0.6) is 17.4 Å². The average molecular weight is 2020 g/mol. The first kappa shape index (κ1) is 105. The number of carbonyl (C=O) groups excluding carboxylic acids is 4. The Hall–Kier alpha value is -14.2. The minimum atomic E-state index is -4.43. The number of sulfonamides is 4. The predicted molar refractivity (Wildman–Crippen MR) is 539 cm³/mol. The van der Waals surface area contributed by atoms with Gasteiger partial charge in [0.2, 0.25) is 5.88 Å². The Morgan fingerprint density at radius 3 is 1.30 bits per heavy atom. The molecule has 4 aliphatic heterocycles. The summed E-state index contributed by atoms with van der Waals surface area (Å²) in [6, 6.07) is 48.0. The lowest BCUT2D eigenvalue weighted by atomic mass is 9.97. The Balaban J connectivity index is 0.000000159. The molecule has 10 N–H and O–H groups in total. The number of nitrogens with two attached hydrogens (primary N) is 2. The number of methoxy groups -OCH3 is 1. The molecule has 4 fully saturated rings. The standard InChI is InChI=1S/C27H32N4O5S.C26H31N5O4S.C25H28FN5O3S.C24H25FN4O4S/c1-18-15-27(3,4)31(16-18)25-22(14-9-19(2)28-25)26(32)30-37(33,34)24-8-6-7-23(29-24)36-21-12-10-20(11-13-21)17-35-5;1-15-13-26(4,5)31(14-15)24-19(25(33)30-36(34,35)21-7-6-10-28-23(21)27)8-9-20(29-24)18-11-16(2)22(32)17(3)12-18;1-15-13-25(3,4)31(14-15)23-18(10-11-20(28-23)17-9-8-16(2)19(26)12-17)24(32)30-35(33,34)22-7-5-6-21(27)29-22;1-15-13-24(2,3)29(14-15)21-18(9-10-19(27-21)16-6-4-7-17(25)12-16)22(30)28-34(32,33)20-8-5-11-26-23(20)31/h6-14,18H,15-17H2,1-5H3,(H,30,32);6-12,15,32H,13-14H2,1-5H3,(H2,27,28)(H,30,33);5-12,15H,13-14H2,1-4H3,(H2,27,29)(H,30,32);4-12,15H,13-14H2,1-3H3,(H,26,31)(H,28,30)/t;3*15-/m.000/s1. The molecular formula is C102H116F2N18O16S4. The third-order valence-electron chi connectivity index (χ3n) is 24.8. The van der Waals surface area contributed by atoms with Crippen LogP contribution < -0.4 is 60.3 Å². The molecule has 16 rings (SSSR count). The van der Waals surface area contributed by atoms with Crippen LogP contribution in [0.3, 0.4) is 0 Å². The van der Waals surface area contributed by atoms with Gasteiger partial charge in [-0.2, -0.15) is 21.8 Å². The minimum absolute atomic E-state index is 0.0187. The van der Waals surface area contributed by atoms with Gasteiger partial charge in [-0.3, -0.25) is 24.0 Å². The Kier molecular flexibility index (Phi) is 31.0. The first-order valence-electron chi connectivity index (χ1n) is 45.7. The number of ether oxygens (including phenoxy) is 2. The lowest BCUT2D eigenvalue weighted by molar-refractivity contribution is 0.0972. The van der Waals surface area contributed by atoms with Crippen molar-refractivity contribution in [2.24, 2.45) is 23.7 Å². The summed E-state index contributed by atoms with van der Waals surface area (Å²) in [5.74, 6) is -0.531. The highest BCUT2D eigenvalue weighted by Gasteiger charge is 2.45. The normalized spacial score (nSPS) is 17.3. The van der Waals surface area contributed by atoms with E-state index in [1.807, 2.05) is 87.3 Å². The van der Waals surface area contributed by atoms with Crippen LogP contribution in [0, 0.1) is 63.0 Å². The zero-order valence-corrected chi connectivity index (χ0v) is 85.0. The number of phenolic OH excluding ortho intramolecular Hbond substituents is 1. The van der Waals surface area contributed by atoms with Gasteiger partial charge in [0.15, 0.2) is 14.9 Å². The van der Waals surface area contributed by atoms with Gasteiger partial charge in [0.05, 0.1) is 45.9 Å². The third kappa shape index (κ3) is 24.3. The van der Waals surface area contributed by atoms with Crippen molar-refractivity contribution in [1.82, 2.24) is 58.8 Å². The molecule has 4 amide bonds. The second kappa shape index (κ2) is 41.9. The monoisotopic (exact) mass is 2010 g/mol. The average Bonchev–Trinajstić information content (AvgIpc) is 1.53. The van der Waals surface area contributed by atoms with E-state index in [2.05, 4.69) is 109 Å². The number of aryl methyl sites for hydroxylation is 4. The molecule has 142 heavy (non-hydrogen) atoms. The summed E-state index contributed by atoms with van der Waals surface area (Å²) >= 11 is 0. The summed E-state index contributed by atoms with van der Waals surface area (Å²) in [7, 11) is -15.6. The predicted octanol–water partition coefficient (Wildman–Crippen LogP) is 15.5. The topological polar surface area (TPSA) is 480 Å². The van der Waals surface area contributed by atoms with Crippen molar-refractivity contribution in [1.29, 1.82) is 0 Å². The number of benzene rings is 4. The smallest absolute Gasteiger partial charge is 0.281 e. The van der Waals surface area contributed by atoms with Gasteiger partial charge in [-0.15, -0.1) is 0 Å². The molecule has 748 valence electrons. The molecule has 4 aromatic carbocycles. The maximum Gasteiger partial charge on any atom is 0.281 e. The number of carbonyl (C=O) groups is 4. The minimum Gasteiger partial charge on any atom is -0.507 e. The Morgan fingerprint density at radius 1 is 0.451 bits per heavy atom. The van der Waals surface area contributed by atoms with Crippen molar-refractivity contribution in [3.05, 3.63) is 273 Å². The maximum atomic E-state index is 14.2. The van der Waals surface area contributed by atoms with Gasteiger partial charge in [-0.25, -0.2) is 74.4 Å². The Labute approximate surface area is 825 Å². The molecular weight excluding hydrogens is 1900 g/mol. The molecule has 0 bridgehead atoms. The van der Waals surface area contributed by atoms with E-state index in [-0.39, 0.29) is 88.4 Å².